The number of non-ortho nitro benzene ring substituents is 1. The maximum atomic E-state index is 13.0. The van der Waals surface area contributed by atoms with Crippen LogP contribution in [-0.2, 0) is 0 Å². The van der Waals surface area contributed by atoms with E-state index in [1.165, 1.54) is 29.3 Å². The highest BCUT2D eigenvalue weighted by molar-refractivity contribution is 5.93. The van der Waals surface area contributed by atoms with E-state index in [-0.39, 0.29) is 22.2 Å². The summed E-state index contributed by atoms with van der Waals surface area (Å²) in [6, 6.07) is 11.8. The predicted molar refractivity (Wildman–Crippen MR) is 98.3 cm³/mol. The molecule has 27 heavy (non-hydrogen) atoms. The highest BCUT2D eigenvalue weighted by Gasteiger charge is 2.24. The third-order valence-electron chi connectivity index (χ3n) is 4.17. The lowest BCUT2D eigenvalue weighted by molar-refractivity contribution is -0.383. The smallest absolute Gasteiger partial charge is 0.317 e. The van der Waals surface area contributed by atoms with E-state index in [1.807, 2.05) is 0 Å². The Hall–Kier alpha value is -3.68. The number of nitro groups is 1. The zero-order valence-electron chi connectivity index (χ0n) is 14.7. The van der Waals surface area contributed by atoms with Crippen molar-refractivity contribution in [2.24, 2.45) is 0 Å². The Bertz CT molecular complexity index is 1010. The van der Waals surface area contributed by atoms with Crippen LogP contribution in [-0.4, -0.2) is 34.9 Å². The largest absolute Gasteiger partial charge is 0.871 e. The van der Waals surface area contributed by atoms with Crippen molar-refractivity contribution in [2.45, 2.75) is 6.04 Å². The summed E-state index contributed by atoms with van der Waals surface area (Å²) in [4.78, 5) is 28.6. The van der Waals surface area contributed by atoms with Crippen LogP contribution >= 0.6 is 0 Å². The van der Waals surface area contributed by atoms with Gasteiger partial charge < -0.3 is 15.3 Å². The third kappa shape index (κ3) is 3.50. The van der Waals surface area contributed by atoms with Crippen molar-refractivity contribution < 1.29 is 14.8 Å². The summed E-state index contributed by atoms with van der Waals surface area (Å²) in [5.41, 5.74) is 0.498. The highest BCUT2D eigenvalue weighted by Crippen LogP contribution is 2.37. The Morgan fingerprint density at radius 3 is 2.52 bits per heavy atom. The number of aromatic nitrogens is 1. The minimum Gasteiger partial charge on any atom is -0.871 e. The molecule has 0 spiro atoms. The summed E-state index contributed by atoms with van der Waals surface area (Å²) < 4.78 is 0. The molecule has 0 fully saturated rings. The number of benzene rings is 2. The molecule has 0 radical (unpaired) electrons. The monoisotopic (exact) mass is 365 g/mol. The normalized spacial score (nSPS) is 11.8. The molecule has 3 aromatic rings. The van der Waals surface area contributed by atoms with Gasteiger partial charge in [-0.25, -0.2) is 4.79 Å². The van der Waals surface area contributed by atoms with Gasteiger partial charge in [0, 0.05) is 26.4 Å². The van der Waals surface area contributed by atoms with Crippen molar-refractivity contribution in [2.75, 3.05) is 14.1 Å². The number of carbonyl (C=O) groups excluding carboxylic acids is 1. The molecule has 2 amide bonds. The number of hydrogen-bond donors (Lipinski definition) is 1. The first kappa shape index (κ1) is 18.1. The molecule has 1 N–H and O–H groups in total. The first-order valence-electron chi connectivity index (χ1n) is 8.16. The van der Waals surface area contributed by atoms with Gasteiger partial charge >= 0.3 is 6.03 Å². The molecule has 8 nitrogen and oxygen atoms in total. The number of amides is 2. The van der Waals surface area contributed by atoms with E-state index < -0.39 is 22.7 Å². The Balaban J connectivity index is 2.25. The molecule has 0 aliphatic heterocycles. The topological polar surface area (TPSA) is 111 Å². The van der Waals surface area contributed by atoms with Crippen LogP contribution in [0, 0.1) is 10.1 Å². The van der Waals surface area contributed by atoms with Crippen LogP contribution in [0.4, 0.5) is 10.5 Å². The van der Waals surface area contributed by atoms with Crippen molar-refractivity contribution >= 4 is 22.6 Å². The van der Waals surface area contributed by atoms with Gasteiger partial charge in [0.15, 0.2) is 0 Å². The highest BCUT2D eigenvalue weighted by atomic mass is 16.6. The van der Waals surface area contributed by atoms with Crippen molar-refractivity contribution in [3.63, 3.8) is 0 Å². The minimum absolute atomic E-state index is 0.00160. The summed E-state index contributed by atoms with van der Waals surface area (Å²) in [7, 11) is 3.14. The summed E-state index contributed by atoms with van der Waals surface area (Å²) >= 11 is 0. The van der Waals surface area contributed by atoms with E-state index in [1.54, 1.807) is 44.4 Å². The first-order valence-corrected chi connectivity index (χ1v) is 8.16. The Morgan fingerprint density at radius 1 is 1.19 bits per heavy atom. The Kier molecular flexibility index (Phi) is 4.89. The number of hydrogen-bond acceptors (Lipinski definition) is 5. The quantitative estimate of drug-likeness (QED) is 0.564. The van der Waals surface area contributed by atoms with Gasteiger partial charge in [-0.3, -0.25) is 15.1 Å². The molecule has 3 rings (SSSR count). The van der Waals surface area contributed by atoms with Gasteiger partial charge in [0.25, 0.3) is 5.69 Å². The number of pyridine rings is 1. The molecule has 2 aromatic carbocycles. The van der Waals surface area contributed by atoms with Crippen molar-refractivity contribution in [3.05, 3.63) is 76.0 Å². The molecular formula is C19H17N4O4-. The van der Waals surface area contributed by atoms with Crippen LogP contribution in [0.25, 0.3) is 10.9 Å². The summed E-state index contributed by atoms with van der Waals surface area (Å²) in [6.45, 7) is 0. The van der Waals surface area contributed by atoms with Crippen LogP contribution in [0.3, 0.4) is 0 Å². The zero-order valence-corrected chi connectivity index (χ0v) is 14.7. The average molecular weight is 365 g/mol. The van der Waals surface area contributed by atoms with Crippen molar-refractivity contribution in [1.29, 1.82) is 0 Å². The minimum atomic E-state index is -0.848. The molecule has 0 aliphatic carbocycles. The van der Waals surface area contributed by atoms with E-state index in [9.17, 15) is 20.0 Å². The number of carbonyl (C=O) groups is 1. The second-order valence-electron chi connectivity index (χ2n) is 6.16. The standard InChI is InChI=1S/C19H18N4O4/c1-22(2)19(25)21-16(12-7-4-3-5-8-12)14-11-15(23(26)27)13-9-6-10-20-17(13)18(14)24/h3-11,16,24H,1-2H3,(H,21,25)/p-1/t16-/m1/s1. The van der Waals surface area contributed by atoms with Gasteiger partial charge in [0.05, 0.1) is 21.9 Å². The molecule has 0 bridgehead atoms. The number of rotatable bonds is 4. The number of nitrogens with one attached hydrogen (secondary N) is 1. The lowest BCUT2D eigenvalue weighted by atomic mass is 9.95. The molecule has 138 valence electrons. The maximum absolute atomic E-state index is 13.0. The van der Waals surface area contributed by atoms with Gasteiger partial charge in [0.1, 0.15) is 0 Å². The Morgan fingerprint density at radius 2 is 1.89 bits per heavy atom. The predicted octanol–water partition coefficient (Wildman–Crippen LogP) is 2.58. The van der Waals surface area contributed by atoms with Crippen LogP contribution in [0.15, 0.2) is 54.7 Å². The SMILES string of the molecule is CN(C)C(=O)N[C@H](c1ccccc1)c1cc([N+](=O)[O-])c2cccnc2c1[O-]. The van der Waals surface area contributed by atoms with E-state index >= 15 is 0 Å². The molecule has 1 aromatic heterocycles. The first-order chi connectivity index (χ1) is 12.9. The fourth-order valence-corrected chi connectivity index (χ4v) is 2.82. The average Bonchev–Trinajstić information content (AvgIpc) is 2.67. The van der Waals surface area contributed by atoms with Crippen LogP contribution in [0.2, 0.25) is 0 Å². The van der Waals surface area contributed by atoms with Crippen LogP contribution in [0.5, 0.6) is 5.75 Å². The third-order valence-corrected chi connectivity index (χ3v) is 4.17. The second kappa shape index (κ2) is 7.28. The molecule has 0 saturated heterocycles. The van der Waals surface area contributed by atoms with E-state index in [4.69, 9.17) is 0 Å². The molecule has 0 unspecified atom stereocenters. The molecule has 0 aliphatic rings. The van der Waals surface area contributed by atoms with Gasteiger partial charge in [0.2, 0.25) is 0 Å². The molecule has 8 heteroatoms. The van der Waals surface area contributed by atoms with E-state index in [0.717, 1.165) is 0 Å². The van der Waals surface area contributed by atoms with Crippen molar-refractivity contribution in [1.82, 2.24) is 15.2 Å². The van der Waals surface area contributed by atoms with Gasteiger partial charge in [-0.15, -0.1) is 0 Å². The number of fused-ring (bicyclic) bond motifs is 1. The van der Waals surface area contributed by atoms with Gasteiger partial charge in [-0.1, -0.05) is 36.1 Å². The van der Waals surface area contributed by atoms with Crippen LogP contribution < -0.4 is 10.4 Å². The van der Waals surface area contributed by atoms with E-state index in [2.05, 4.69) is 10.3 Å². The number of urea groups is 1. The van der Waals surface area contributed by atoms with Gasteiger partial charge in [-0.05, 0) is 23.3 Å². The lowest BCUT2D eigenvalue weighted by Gasteiger charge is -2.26. The fourth-order valence-electron chi connectivity index (χ4n) is 2.82. The second-order valence-corrected chi connectivity index (χ2v) is 6.16. The zero-order chi connectivity index (χ0) is 19.6. The molecule has 1 atom stereocenters. The molecule has 1 heterocycles. The van der Waals surface area contributed by atoms with Gasteiger partial charge in [-0.2, -0.15) is 0 Å². The Labute approximate surface area is 155 Å². The summed E-state index contributed by atoms with van der Waals surface area (Å²) in [6.07, 6.45) is 1.41. The summed E-state index contributed by atoms with van der Waals surface area (Å²) in [5.74, 6) is -0.455. The molecule has 0 saturated carbocycles. The maximum Gasteiger partial charge on any atom is 0.317 e. The number of nitrogens with zero attached hydrogens (tertiary/aromatic N) is 3. The van der Waals surface area contributed by atoms with E-state index in [0.29, 0.717) is 5.56 Å². The van der Waals surface area contributed by atoms with Crippen molar-refractivity contribution in [3.8, 4) is 5.75 Å². The molecular weight excluding hydrogens is 348 g/mol. The number of nitro benzene ring substituents is 1. The summed E-state index contributed by atoms with van der Waals surface area (Å²) in [5, 5.41) is 27.5. The fraction of sp³-hybridized carbons (Fsp3) is 0.158. The van der Waals surface area contributed by atoms with Crippen LogP contribution in [0.1, 0.15) is 17.2 Å². The lowest BCUT2D eigenvalue weighted by Crippen LogP contribution is -2.37.